The van der Waals surface area contributed by atoms with Crippen LogP contribution in [-0.2, 0) is 32.6 Å². The van der Waals surface area contributed by atoms with Gasteiger partial charge in [-0.15, -0.1) is 0 Å². The molecule has 3 rings (SSSR count). The number of anilines is 1. The Morgan fingerprint density at radius 2 is 2.07 bits per heavy atom. The third-order valence-corrected chi connectivity index (χ3v) is 5.70. The molecular weight excluding hydrogens is 370 g/mol. The van der Waals surface area contributed by atoms with Crippen molar-refractivity contribution in [3.8, 4) is 0 Å². The second-order valence-electron chi connectivity index (χ2n) is 6.68. The zero-order valence-electron chi connectivity index (χ0n) is 15.0. The van der Waals surface area contributed by atoms with Crippen molar-refractivity contribution in [1.82, 2.24) is 10.0 Å². The van der Waals surface area contributed by atoms with E-state index in [9.17, 15) is 18.0 Å². The predicted octanol–water partition coefficient (Wildman–Crippen LogP) is 1.39. The molecule has 0 saturated carbocycles. The maximum absolute atomic E-state index is 12.8. The number of furan rings is 1. The molecule has 2 aromatic rings. The molecule has 9 heteroatoms. The van der Waals surface area contributed by atoms with Crippen LogP contribution in [0, 0.1) is 5.92 Å². The molecular formula is C18H21N3O5S. The number of carbonyl (C=O) groups is 2. The average molecular weight is 391 g/mol. The van der Waals surface area contributed by atoms with E-state index in [4.69, 9.17) is 4.42 Å². The Kier molecular flexibility index (Phi) is 5.33. The molecule has 0 aliphatic carbocycles. The van der Waals surface area contributed by atoms with E-state index in [1.54, 1.807) is 32.0 Å². The summed E-state index contributed by atoms with van der Waals surface area (Å²) in [5, 5.41) is 5.33. The van der Waals surface area contributed by atoms with Gasteiger partial charge in [-0.1, -0.05) is 13.8 Å². The Bertz CT molecular complexity index is 951. The summed E-state index contributed by atoms with van der Waals surface area (Å²) in [5.74, 6) is -0.314. The number of rotatable bonds is 7. The summed E-state index contributed by atoms with van der Waals surface area (Å²) < 4.78 is 33.1. The highest BCUT2D eigenvalue weighted by atomic mass is 32.2. The van der Waals surface area contributed by atoms with Gasteiger partial charge in [-0.05, 0) is 41.8 Å². The molecule has 0 fully saturated rings. The third kappa shape index (κ3) is 4.37. The van der Waals surface area contributed by atoms with Crippen molar-refractivity contribution in [1.29, 1.82) is 0 Å². The number of benzene rings is 1. The van der Waals surface area contributed by atoms with Crippen molar-refractivity contribution in [2.45, 2.75) is 37.8 Å². The first kappa shape index (κ1) is 19.1. The van der Waals surface area contributed by atoms with Gasteiger partial charge in [0.1, 0.15) is 11.8 Å². The van der Waals surface area contributed by atoms with Crippen molar-refractivity contribution in [2.24, 2.45) is 5.92 Å². The fourth-order valence-corrected chi connectivity index (χ4v) is 4.19. The normalized spacial score (nSPS) is 14.7. The molecule has 144 valence electrons. The van der Waals surface area contributed by atoms with Crippen LogP contribution in [0.2, 0.25) is 0 Å². The summed E-state index contributed by atoms with van der Waals surface area (Å²) in [6.45, 7) is 3.68. The van der Waals surface area contributed by atoms with Crippen LogP contribution in [0.15, 0.2) is 45.9 Å². The van der Waals surface area contributed by atoms with Crippen LogP contribution in [-0.4, -0.2) is 26.3 Å². The van der Waals surface area contributed by atoms with Gasteiger partial charge < -0.3 is 15.1 Å². The van der Waals surface area contributed by atoms with Gasteiger partial charge in [0.15, 0.2) is 0 Å². The topological polar surface area (TPSA) is 118 Å². The number of hydrogen-bond donors (Lipinski definition) is 3. The van der Waals surface area contributed by atoms with E-state index in [-0.39, 0.29) is 29.7 Å². The molecule has 0 bridgehead atoms. The van der Waals surface area contributed by atoms with E-state index < -0.39 is 22.0 Å². The summed E-state index contributed by atoms with van der Waals surface area (Å²) in [4.78, 5) is 24.0. The summed E-state index contributed by atoms with van der Waals surface area (Å²) in [6.07, 6.45) is 1.63. The lowest BCUT2D eigenvalue weighted by Crippen LogP contribution is -2.49. The van der Waals surface area contributed by atoms with E-state index in [1.807, 2.05) is 0 Å². The molecule has 3 N–H and O–H groups in total. The van der Waals surface area contributed by atoms with Crippen molar-refractivity contribution in [2.75, 3.05) is 5.32 Å². The Hall–Kier alpha value is -2.65. The largest absolute Gasteiger partial charge is 0.467 e. The number of carbonyl (C=O) groups excluding carboxylic acids is 2. The van der Waals surface area contributed by atoms with Crippen molar-refractivity contribution >= 4 is 27.5 Å². The number of amides is 2. The van der Waals surface area contributed by atoms with Crippen LogP contribution >= 0.6 is 0 Å². The number of hydrogen-bond acceptors (Lipinski definition) is 5. The molecule has 1 aliphatic rings. The van der Waals surface area contributed by atoms with E-state index in [0.29, 0.717) is 17.0 Å². The number of fused-ring (bicyclic) bond motifs is 1. The van der Waals surface area contributed by atoms with Gasteiger partial charge in [-0.3, -0.25) is 9.59 Å². The minimum atomic E-state index is -3.93. The standard InChI is InChI=1S/C18H21N3O5S/c1-11(2)17(18(23)19-10-13-4-3-7-26-13)21-27(24,25)14-5-6-15-12(8-14)9-16(22)20-15/h3-8,11,17,21H,9-10H2,1-2H3,(H,19,23)(H,20,22)/t17-/m1/s1. The highest BCUT2D eigenvalue weighted by molar-refractivity contribution is 7.89. The quantitative estimate of drug-likeness (QED) is 0.659. The van der Waals surface area contributed by atoms with Crippen molar-refractivity contribution in [3.63, 3.8) is 0 Å². The SMILES string of the molecule is CC(C)[C@@H](NS(=O)(=O)c1ccc2c(c1)CC(=O)N2)C(=O)NCc1ccco1. The molecule has 27 heavy (non-hydrogen) atoms. The van der Waals surface area contributed by atoms with Crippen molar-refractivity contribution in [3.05, 3.63) is 47.9 Å². The zero-order chi connectivity index (χ0) is 19.6. The maximum atomic E-state index is 12.8. The van der Waals surface area contributed by atoms with Gasteiger partial charge in [0.25, 0.3) is 0 Å². The highest BCUT2D eigenvalue weighted by Gasteiger charge is 2.29. The van der Waals surface area contributed by atoms with Crippen LogP contribution in [0.25, 0.3) is 0 Å². The van der Waals surface area contributed by atoms with Gasteiger partial charge >= 0.3 is 0 Å². The average Bonchev–Trinajstić information content (AvgIpc) is 3.24. The van der Waals surface area contributed by atoms with Crippen molar-refractivity contribution < 1.29 is 22.4 Å². The van der Waals surface area contributed by atoms with Crippen LogP contribution in [0.4, 0.5) is 5.69 Å². The maximum Gasteiger partial charge on any atom is 0.241 e. The predicted molar refractivity (Wildman–Crippen MR) is 98.3 cm³/mol. The summed E-state index contributed by atoms with van der Waals surface area (Å²) in [6, 6.07) is 6.89. The molecule has 8 nitrogen and oxygen atoms in total. The van der Waals surface area contributed by atoms with Crippen LogP contribution in [0.5, 0.6) is 0 Å². The van der Waals surface area contributed by atoms with E-state index in [1.165, 1.54) is 18.4 Å². The summed E-state index contributed by atoms with van der Waals surface area (Å²) in [7, 11) is -3.93. The highest BCUT2D eigenvalue weighted by Crippen LogP contribution is 2.26. The van der Waals surface area contributed by atoms with Gasteiger partial charge in [-0.25, -0.2) is 8.42 Å². The van der Waals surface area contributed by atoms with Crippen LogP contribution in [0.1, 0.15) is 25.2 Å². The second kappa shape index (κ2) is 7.53. The van der Waals surface area contributed by atoms with E-state index in [0.717, 1.165) is 0 Å². The molecule has 1 aromatic carbocycles. The molecule has 1 aromatic heterocycles. The first-order valence-electron chi connectivity index (χ1n) is 8.51. The third-order valence-electron chi connectivity index (χ3n) is 4.26. The summed E-state index contributed by atoms with van der Waals surface area (Å²) >= 11 is 0. The molecule has 0 spiro atoms. The van der Waals surface area contributed by atoms with Crippen LogP contribution < -0.4 is 15.4 Å². The Morgan fingerprint density at radius 1 is 1.30 bits per heavy atom. The van der Waals surface area contributed by atoms with Gasteiger partial charge in [0.05, 0.1) is 24.1 Å². The molecule has 0 radical (unpaired) electrons. The minimum absolute atomic E-state index is 0.0160. The molecule has 1 atom stereocenters. The van der Waals surface area contributed by atoms with Gasteiger partial charge in [0.2, 0.25) is 21.8 Å². The first-order chi connectivity index (χ1) is 12.8. The fraction of sp³-hybridized carbons (Fsp3) is 0.333. The van der Waals surface area contributed by atoms with Gasteiger partial charge in [0, 0.05) is 5.69 Å². The molecule has 2 heterocycles. The monoisotopic (exact) mass is 391 g/mol. The number of sulfonamides is 1. The fourth-order valence-electron chi connectivity index (χ4n) is 2.80. The molecule has 0 saturated heterocycles. The molecule has 0 unspecified atom stereocenters. The van der Waals surface area contributed by atoms with E-state index >= 15 is 0 Å². The minimum Gasteiger partial charge on any atom is -0.467 e. The zero-order valence-corrected chi connectivity index (χ0v) is 15.8. The smallest absolute Gasteiger partial charge is 0.241 e. The van der Waals surface area contributed by atoms with E-state index in [2.05, 4.69) is 15.4 Å². The van der Waals surface area contributed by atoms with Crippen LogP contribution in [0.3, 0.4) is 0 Å². The second-order valence-corrected chi connectivity index (χ2v) is 8.40. The number of nitrogens with one attached hydrogen (secondary N) is 3. The Morgan fingerprint density at radius 3 is 2.74 bits per heavy atom. The lowest BCUT2D eigenvalue weighted by molar-refractivity contribution is -0.124. The summed E-state index contributed by atoms with van der Waals surface area (Å²) in [5.41, 5.74) is 1.22. The molecule has 2 amide bonds. The lowest BCUT2D eigenvalue weighted by Gasteiger charge is -2.21. The first-order valence-corrected chi connectivity index (χ1v) is 10.00. The Labute approximate surface area is 157 Å². The van der Waals surface area contributed by atoms with Gasteiger partial charge in [-0.2, -0.15) is 4.72 Å². The Balaban J connectivity index is 1.74. The lowest BCUT2D eigenvalue weighted by atomic mass is 10.1. The molecule has 1 aliphatic heterocycles.